The second-order valence-electron chi connectivity index (χ2n) is 8.77. The Hall–Kier alpha value is -0.200. The van der Waals surface area contributed by atoms with Crippen LogP contribution in [0.3, 0.4) is 0 Å². The topological polar surface area (TPSA) is 90.2 Å². The van der Waals surface area contributed by atoms with Crippen LogP contribution in [0.25, 0.3) is 0 Å². The van der Waals surface area contributed by atoms with Crippen molar-refractivity contribution >= 4 is 0 Å². The molecule has 0 aromatic rings. The Morgan fingerprint density at radius 3 is 1.41 bits per heavy atom. The van der Waals surface area contributed by atoms with Gasteiger partial charge in [-0.25, -0.2) is 0 Å². The van der Waals surface area contributed by atoms with E-state index in [-0.39, 0.29) is 11.8 Å². The summed E-state index contributed by atoms with van der Waals surface area (Å²) in [5.41, 5.74) is -3.67. The summed E-state index contributed by atoms with van der Waals surface area (Å²) in [6.07, 6.45) is 0.640. The third-order valence-corrected chi connectivity index (χ3v) is 5.42. The molecule has 0 aliphatic carbocycles. The van der Waals surface area contributed by atoms with Gasteiger partial charge in [-0.15, -0.1) is 0 Å². The third kappa shape index (κ3) is 2.61. The fraction of sp³-hybridized carbons (Fsp3) is 1.00. The zero-order chi connectivity index (χ0) is 17.8. The van der Waals surface area contributed by atoms with Gasteiger partial charge in [-0.05, 0) is 38.5 Å². The molecule has 1 aliphatic rings. The van der Waals surface area contributed by atoms with Gasteiger partial charge in [0.25, 0.3) is 0 Å². The number of aliphatic hydroxyl groups is 4. The molecule has 5 heteroatoms. The van der Waals surface area contributed by atoms with Gasteiger partial charge in [0.1, 0.15) is 5.60 Å². The van der Waals surface area contributed by atoms with Crippen molar-refractivity contribution in [3.8, 4) is 0 Å². The predicted molar refractivity (Wildman–Crippen MR) is 84.9 cm³/mol. The minimum Gasteiger partial charge on any atom is -0.362 e. The lowest BCUT2D eigenvalue weighted by molar-refractivity contribution is -0.504. The molecular formula is C17H34O5. The van der Waals surface area contributed by atoms with E-state index in [1.54, 1.807) is 27.7 Å². The minimum absolute atomic E-state index is 0.102. The average molecular weight is 318 g/mol. The molecule has 0 aromatic carbocycles. The highest BCUT2D eigenvalue weighted by atomic mass is 16.7. The number of ether oxygens (including phenoxy) is 1. The lowest BCUT2D eigenvalue weighted by Gasteiger charge is -2.65. The highest BCUT2D eigenvalue weighted by Gasteiger charge is 2.76. The first-order valence-electron chi connectivity index (χ1n) is 8.14. The van der Waals surface area contributed by atoms with Crippen LogP contribution in [0.15, 0.2) is 0 Å². The molecule has 0 unspecified atom stereocenters. The standard InChI is InChI=1S/C17H34O5/c1-11(2)9-15(10-12(3)4)17(20,21)16(18,19)13(5,6)14(7,8)22-15/h11-12,18-21H,9-10H2,1-8H3. The number of hydrogen-bond donors (Lipinski definition) is 4. The van der Waals surface area contributed by atoms with Crippen LogP contribution in [0.5, 0.6) is 0 Å². The van der Waals surface area contributed by atoms with E-state index in [9.17, 15) is 20.4 Å². The molecule has 0 amide bonds. The molecule has 0 spiro atoms. The Balaban J connectivity index is 3.55. The van der Waals surface area contributed by atoms with Crippen LogP contribution in [-0.2, 0) is 4.74 Å². The van der Waals surface area contributed by atoms with Crippen molar-refractivity contribution in [3.05, 3.63) is 0 Å². The van der Waals surface area contributed by atoms with Crippen molar-refractivity contribution in [3.63, 3.8) is 0 Å². The molecule has 1 aliphatic heterocycles. The van der Waals surface area contributed by atoms with Gasteiger partial charge >= 0.3 is 0 Å². The van der Waals surface area contributed by atoms with Crippen molar-refractivity contribution in [1.82, 2.24) is 0 Å². The highest BCUT2D eigenvalue weighted by molar-refractivity contribution is 5.16. The monoisotopic (exact) mass is 318 g/mol. The van der Waals surface area contributed by atoms with Crippen LogP contribution in [0, 0.1) is 17.3 Å². The summed E-state index contributed by atoms with van der Waals surface area (Å²) < 4.78 is 6.23. The molecule has 0 saturated carbocycles. The summed E-state index contributed by atoms with van der Waals surface area (Å²) in [4.78, 5) is 0. The van der Waals surface area contributed by atoms with Gasteiger partial charge in [0.05, 0.1) is 11.0 Å². The van der Waals surface area contributed by atoms with Gasteiger partial charge in [-0.2, -0.15) is 0 Å². The molecule has 132 valence electrons. The van der Waals surface area contributed by atoms with Crippen molar-refractivity contribution < 1.29 is 25.2 Å². The zero-order valence-electron chi connectivity index (χ0n) is 15.3. The van der Waals surface area contributed by atoms with Crippen molar-refractivity contribution in [2.24, 2.45) is 17.3 Å². The van der Waals surface area contributed by atoms with Crippen LogP contribution < -0.4 is 0 Å². The maximum atomic E-state index is 10.8. The van der Waals surface area contributed by atoms with Gasteiger partial charge < -0.3 is 25.2 Å². The highest BCUT2D eigenvalue weighted by Crippen LogP contribution is 2.58. The molecule has 1 saturated heterocycles. The molecule has 0 atom stereocenters. The van der Waals surface area contributed by atoms with E-state index in [4.69, 9.17) is 4.74 Å². The third-order valence-electron chi connectivity index (χ3n) is 5.42. The van der Waals surface area contributed by atoms with E-state index >= 15 is 0 Å². The van der Waals surface area contributed by atoms with E-state index in [0.717, 1.165) is 0 Å². The quantitative estimate of drug-likeness (QED) is 0.595. The Bertz CT molecular complexity index is 397. The largest absolute Gasteiger partial charge is 0.362 e. The number of rotatable bonds is 4. The Kier molecular flexibility index (Phi) is 4.89. The van der Waals surface area contributed by atoms with Gasteiger partial charge in [-0.3, -0.25) is 0 Å². The van der Waals surface area contributed by atoms with Gasteiger partial charge in [-0.1, -0.05) is 41.5 Å². The maximum absolute atomic E-state index is 10.8. The summed E-state index contributed by atoms with van der Waals surface area (Å²) in [7, 11) is 0. The van der Waals surface area contributed by atoms with Crippen LogP contribution >= 0.6 is 0 Å². The molecule has 0 bridgehead atoms. The molecule has 1 fully saturated rings. The van der Waals surface area contributed by atoms with E-state index in [1.165, 1.54) is 0 Å². The van der Waals surface area contributed by atoms with Gasteiger partial charge in [0.15, 0.2) is 0 Å². The Labute approximate surface area is 134 Å². The summed E-state index contributed by atoms with van der Waals surface area (Å²) in [6, 6.07) is 0. The molecule has 1 rings (SSSR count). The first-order valence-corrected chi connectivity index (χ1v) is 8.14. The van der Waals surface area contributed by atoms with E-state index in [0.29, 0.717) is 12.8 Å². The Morgan fingerprint density at radius 1 is 0.727 bits per heavy atom. The minimum atomic E-state index is -2.77. The summed E-state index contributed by atoms with van der Waals surface area (Å²) in [5.74, 6) is -5.27. The van der Waals surface area contributed by atoms with Gasteiger partial charge in [0, 0.05) is 0 Å². The zero-order valence-corrected chi connectivity index (χ0v) is 15.3. The second-order valence-corrected chi connectivity index (χ2v) is 8.77. The van der Waals surface area contributed by atoms with Crippen LogP contribution in [0.2, 0.25) is 0 Å². The fourth-order valence-electron chi connectivity index (χ4n) is 3.63. The summed E-state index contributed by atoms with van der Waals surface area (Å²) in [5, 5.41) is 43.0. The van der Waals surface area contributed by atoms with Crippen molar-refractivity contribution in [2.75, 3.05) is 0 Å². The lowest BCUT2D eigenvalue weighted by atomic mass is 9.59. The summed E-state index contributed by atoms with van der Waals surface area (Å²) >= 11 is 0. The molecular weight excluding hydrogens is 284 g/mol. The van der Waals surface area contributed by atoms with E-state index in [2.05, 4.69) is 0 Å². The normalized spacial score (nSPS) is 28.1. The maximum Gasteiger partial charge on any atom is 0.249 e. The van der Waals surface area contributed by atoms with E-state index in [1.807, 2.05) is 27.7 Å². The molecule has 4 N–H and O–H groups in total. The second kappa shape index (κ2) is 5.42. The molecule has 0 aromatic heterocycles. The average Bonchev–Trinajstić information content (AvgIpc) is 2.23. The van der Waals surface area contributed by atoms with Crippen LogP contribution in [0.1, 0.15) is 68.2 Å². The van der Waals surface area contributed by atoms with E-state index < -0.39 is 28.2 Å². The lowest BCUT2D eigenvalue weighted by Crippen LogP contribution is -2.82. The van der Waals surface area contributed by atoms with Crippen molar-refractivity contribution in [1.29, 1.82) is 0 Å². The smallest absolute Gasteiger partial charge is 0.249 e. The van der Waals surface area contributed by atoms with Crippen LogP contribution in [0.4, 0.5) is 0 Å². The SMILES string of the molecule is CC(C)CC1(CC(C)C)OC(C)(C)C(C)(C)C(O)(O)C1(O)O. The first-order chi connectivity index (χ1) is 9.54. The number of hydrogen-bond acceptors (Lipinski definition) is 5. The Morgan fingerprint density at radius 2 is 1.09 bits per heavy atom. The summed E-state index contributed by atoms with van der Waals surface area (Å²) in [6.45, 7) is 14.5. The molecule has 1 heterocycles. The first kappa shape index (κ1) is 19.8. The van der Waals surface area contributed by atoms with Crippen LogP contribution in [-0.4, -0.2) is 43.2 Å². The molecule has 0 radical (unpaired) electrons. The molecule has 5 nitrogen and oxygen atoms in total. The van der Waals surface area contributed by atoms with Crippen molar-refractivity contribution in [2.45, 2.75) is 91.0 Å². The molecule has 22 heavy (non-hydrogen) atoms. The van der Waals surface area contributed by atoms with Gasteiger partial charge in [0.2, 0.25) is 11.6 Å². The predicted octanol–water partition coefficient (Wildman–Crippen LogP) is 2.01. The fourth-order valence-corrected chi connectivity index (χ4v) is 3.63.